The lowest BCUT2D eigenvalue weighted by atomic mass is 9.39. The van der Waals surface area contributed by atoms with Crippen LogP contribution >= 0.6 is 0 Å². The number of rotatable bonds is 4. The van der Waals surface area contributed by atoms with Crippen molar-refractivity contribution in [2.45, 2.75) is 57.3 Å². The Balaban J connectivity index is 1.76. The van der Waals surface area contributed by atoms with E-state index in [-0.39, 0.29) is 16.7 Å². The molecule has 2 nitrogen and oxygen atoms in total. The quantitative estimate of drug-likeness (QED) is 0.895. The minimum atomic E-state index is -0.216. The third kappa shape index (κ3) is 1.89. The smallest absolute Gasteiger partial charge is 0.223 e. The third-order valence-corrected chi connectivity index (χ3v) is 7.03. The lowest BCUT2D eigenvalue weighted by Crippen LogP contribution is -2.61. The predicted octanol–water partition coefficient (Wildman–Crippen LogP) is 4.04. The second kappa shape index (κ2) is 4.84. The van der Waals surface area contributed by atoms with Gasteiger partial charge in [0.15, 0.2) is 0 Å². The zero-order valence-electron chi connectivity index (χ0n) is 13.6. The molecule has 2 unspecified atom stereocenters. The molecule has 2 atom stereocenters. The molecule has 1 amide bonds. The number of primary amides is 1. The summed E-state index contributed by atoms with van der Waals surface area (Å²) in [5, 5.41) is 0. The molecule has 0 heterocycles. The zero-order chi connectivity index (χ0) is 15.4. The van der Waals surface area contributed by atoms with Crippen molar-refractivity contribution in [2.24, 2.45) is 28.9 Å². The van der Waals surface area contributed by atoms with Crippen molar-refractivity contribution in [1.29, 1.82) is 0 Å². The molecule has 4 saturated carbocycles. The van der Waals surface area contributed by atoms with Gasteiger partial charge in [-0.05, 0) is 60.8 Å². The van der Waals surface area contributed by atoms with Gasteiger partial charge in [-0.2, -0.15) is 0 Å². The Bertz CT molecular complexity index is 563. The normalized spacial score (nSPS) is 42.5. The van der Waals surface area contributed by atoms with E-state index in [0.717, 1.165) is 25.2 Å². The van der Waals surface area contributed by atoms with Crippen LogP contribution in [0.3, 0.4) is 0 Å². The lowest BCUT2D eigenvalue weighted by molar-refractivity contribution is -0.154. The SMILES string of the molecule is CCCC1C2CC3(C(N)=O)CC1CC(c1ccccc1)(C2)C3. The number of amides is 1. The molecule has 118 valence electrons. The third-order valence-electron chi connectivity index (χ3n) is 7.03. The van der Waals surface area contributed by atoms with Crippen LogP contribution in [0.5, 0.6) is 0 Å². The summed E-state index contributed by atoms with van der Waals surface area (Å²) in [6.45, 7) is 2.29. The first-order chi connectivity index (χ1) is 10.6. The molecule has 0 saturated heterocycles. The first-order valence-electron chi connectivity index (χ1n) is 8.94. The Hall–Kier alpha value is -1.31. The summed E-state index contributed by atoms with van der Waals surface area (Å²) in [5.74, 6) is 2.20. The van der Waals surface area contributed by atoms with Crippen molar-refractivity contribution in [2.75, 3.05) is 0 Å². The Kier molecular flexibility index (Phi) is 3.15. The number of nitrogens with two attached hydrogens (primary N) is 1. The fraction of sp³-hybridized carbons (Fsp3) is 0.650. The van der Waals surface area contributed by atoms with Crippen molar-refractivity contribution in [3.05, 3.63) is 35.9 Å². The van der Waals surface area contributed by atoms with Crippen LogP contribution < -0.4 is 5.73 Å². The van der Waals surface area contributed by atoms with Crippen LogP contribution in [0.1, 0.15) is 57.4 Å². The molecule has 22 heavy (non-hydrogen) atoms. The topological polar surface area (TPSA) is 43.1 Å². The summed E-state index contributed by atoms with van der Waals surface area (Å²) in [4.78, 5) is 12.3. The van der Waals surface area contributed by atoms with Crippen LogP contribution in [-0.2, 0) is 10.2 Å². The molecule has 4 aliphatic carbocycles. The van der Waals surface area contributed by atoms with Gasteiger partial charge in [0.2, 0.25) is 5.91 Å². The van der Waals surface area contributed by atoms with E-state index in [4.69, 9.17) is 5.73 Å². The van der Waals surface area contributed by atoms with Crippen LogP contribution in [0.2, 0.25) is 0 Å². The van der Waals surface area contributed by atoms with Gasteiger partial charge in [0.05, 0.1) is 5.41 Å². The summed E-state index contributed by atoms with van der Waals surface area (Å²) in [7, 11) is 0. The molecule has 5 rings (SSSR count). The number of benzene rings is 1. The van der Waals surface area contributed by atoms with Crippen molar-refractivity contribution < 1.29 is 4.79 Å². The van der Waals surface area contributed by atoms with Crippen LogP contribution in [0.4, 0.5) is 0 Å². The molecule has 2 N–H and O–H groups in total. The van der Waals surface area contributed by atoms with Gasteiger partial charge in [-0.25, -0.2) is 0 Å². The molecule has 0 radical (unpaired) electrons. The highest BCUT2D eigenvalue weighted by Crippen LogP contribution is 2.68. The summed E-state index contributed by atoms with van der Waals surface area (Å²) in [5.41, 5.74) is 7.36. The molecule has 0 aliphatic heterocycles. The summed E-state index contributed by atoms with van der Waals surface area (Å²) in [6.07, 6.45) is 8.23. The number of hydrogen-bond donors (Lipinski definition) is 1. The second-order valence-corrected chi connectivity index (χ2v) is 8.26. The first kappa shape index (κ1) is 14.3. The molecule has 0 aromatic heterocycles. The van der Waals surface area contributed by atoms with E-state index < -0.39 is 0 Å². The van der Waals surface area contributed by atoms with E-state index in [1.54, 1.807) is 0 Å². The lowest BCUT2D eigenvalue weighted by Gasteiger charge is -2.64. The molecule has 4 bridgehead atoms. The highest BCUT2D eigenvalue weighted by molar-refractivity contribution is 5.81. The van der Waals surface area contributed by atoms with E-state index in [9.17, 15) is 4.79 Å². The standard InChI is InChI=1S/C20H27NO/c1-2-6-17-14-9-19(16-7-4-3-5-8-16)10-15(17)12-20(11-14,13-19)18(21)22/h3-5,7-8,14-15,17H,2,6,9-13H2,1H3,(H2,21,22). The first-order valence-corrected chi connectivity index (χ1v) is 8.94. The van der Waals surface area contributed by atoms with Crippen LogP contribution in [-0.4, -0.2) is 5.91 Å². The van der Waals surface area contributed by atoms with Crippen molar-refractivity contribution in [3.63, 3.8) is 0 Å². The minimum absolute atomic E-state index is 0.0304. The van der Waals surface area contributed by atoms with Crippen molar-refractivity contribution >= 4 is 5.91 Å². The fourth-order valence-electron chi connectivity index (χ4n) is 6.47. The van der Waals surface area contributed by atoms with Crippen LogP contribution in [0, 0.1) is 23.2 Å². The highest BCUT2D eigenvalue weighted by atomic mass is 16.1. The van der Waals surface area contributed by atoms with Gasteiger partial charge in [-0.3, -0.25) is 4.79 Å². The Morgan fingerprint density at radius 1 is 1.14 bits per heavy atom. The Morgan fingerprint density at radius 3 is 2.32 bits per heavy atom. The molecular weight excluding hydrogens is 270 g/mol. The maximum atomic E-state index is 12.3. The average molecular weight is 297 g/mol. The molecule has 1 aromatic rings. The molecular formula is C20H27NO. The predicted molar refractivity (Wildman–Crippen MR) is 88.2 cm³/mol. The zero-order valence-corrected chi connectivity index (χ0v) is 13.6. The molecule has 2 heteroatoms. The van der Waals surface area contributed by atoms with Crippen LogP contribution in [0.15, 0.2) is 30.3 Å². The van der Waals surface area contributed by atoms with E-state index >= 15 is 0 Å². The van der Waals surface area contributed by atoms with Gasteiger partial charge < -0.3 is 5.73 Å². The molecule has 4 fully saturated rings. The Morgan fingerprint density at radius 2 is 1.77 bits per heavy atom. The second-order valence-electron chi connectivity index (χ2n) is 8.26. The van der Waals surface area contributed by atoms with Crippen molar-refractivity contribution in [1.82, 2.24) is 0 Å². The maximum Gasteiger partial charge on any atom is 0.223 e. The molecule has 4 aliphatic rings. The van der Waals surface area contributed by atoms with E-state index in [0.29, 0.717) is 11.8 Å². The average Bonchev–Trinajstić information content (AvgIpc) is 2.51. The van der Waals surface area contributed by atoms with Gasteiger partial charge in [0, 0.05) is 0 Å². The number of carbonyl (C=O) groups is 1. The van der Waals surface area contributed by atoms with E-state index in [1.807, 2.05) is 0 Å². The molecule has 0 spiro atoms. The largest absolute Gasteiger partial charge is 0.369 e. The summed E-state index contributed by atoms with van der Waals surface area (Å²) < 4.78 is 0. The Labute approximate surface area is 133 Å². The van der Waals surface area contributed by atoms with Gasteiger partial charge in [0.25, 0.3) is 0 Å². The number of carbonyl (C=O) groups excluding carboxylic acids is 1. The van der Waals surface area contributed by atoms with Gasteiger partial charge in [0.1, 0.15) is 0 Å². The van der Waals surface area contributed by atoms with Crippen LogP contribution in [0.25, 0.3) is 0 Å². The van der Waals surface area contributed by atoms with Gasteiger partial charge >= 0.3 is 0 Å². The van der Waals surface area contributed by atoms with E-state index in [2.05, 4.69) is 37.3 Å². The summed E-state index contributed by atoms with van der Waals surface area (Å²) >= 11 is 0. The monoisotopic (exact) mass is 297 g/mol. The van der Waals surface area contributed by atoms with E-state index in [1.165, 1.54) is 31.2 Å². The minimum Gasteiger partial charge on any atom is -0.369 e. The summed E-state index contributed by atoms with van der Waals surface area (Å²) in [6, 6.07) is 10.9. The molecule has 1 aromatic carbocycles. The van der Waals surface area contributed by atoms with Gasteiger partial charge in [-0.1, -0.05) is 50.1 Å². The van der Waals surface area contributed by atoms with Gasteiger partial charge in [-0.15, -0.1) is 0 Å². The highest BCUT2D eigenvalue weighted by Gasteiger charge is 2.63. The maximum absolute atomic E-state index is 12.3. The fourth-order valence-corrected chi connectivity index (χ4v) is 6.47. The number of hydrogen-bond acceptors (Lipinski definition) is 1. The van der Waals surface area contributed by atoms with Crippen molar-refractivity contribution in [3.8, 4) is 0 Å².